The molecule has 7 nitrogen and oxygen atoms in total. The number of nitrogens with one attached hydrogen (secondary N) is 2. The van der Waals surface area contributed by atoms with Gasteiger partial charge in [-0.2, -0.15) is 15.1 Å². The van der Waals surface area contributed by atoms with Gasteiger partial charge in [-0.05, 0) is 44.3 Å². The van der Waals surface area contributed by atoms with E-state index in [1.165, 1.54) is 5.56 Å². The second-order valence-electron chi connectivity index (χ2n) is 7.47. The van der Waals surface area contributed by atoms with E-state index in [1.54, 1.807) is 0 Å². The fraction of sp³-hybridized carbons (Fsp3) is 0.292. The predicted octanol–water partition coefficient (Wildman–Crippen LogP) is 4.62. The molecule has 0 aliphatic heterocycles. The van der Waals surface area contributed by atoms with Crippen LogP contribution < -0.4 is 10.6 Å². The van der Waals surface area contributed by atoms with Crippen LogP contribution in [0.3, 0.4) is 0 Å². The lowest BCUT2D eigenvalue weighted by Crippen LogP contribution is -2.29. The average Bonchev–Trinajstić information content (AvgIpc) is 3.23. The summed E-state index contributed by atoms with van der Waals surface area (Å²) in [7, 11) is 0. The summed E-state index contributed by atoms with van der Waals surface area (Å²) in [6.07, 6.45) is 1.82. The van der Waals surface area contributed by atoms with Crippen LogP contribution in [0.5, 0.6) is 0 Å². The number of aromatic nitrogens is 4. The van der Waals surface area contributed by atoms with Crippen LogP contribution in [-0.2, 0) is 0 Å². The first-order valence-electron chi connectivity index (χ1n) is 10.8. The van der Waals surface area contributed by atoms with Crippen molar-refractivity contribution in [3.8, 4) is 5.69 Å². The molecule has 7 heteroatoms. The molecule has 0 saturated heterocycles. The molecule has 4 aromatic rings. The van der Waals surface area contributed by atoms with Gasteiger partial charge in [0.05, 0.1) is 17.3 Å². The lowest BCUT2D eigenvalue weighted by Gasteiger charge is -2.18. The van der Waals surface area contributed by atoms with Gasteiger partial charge in [-0.1, -0.05) is 49.7 Å². The quantitative estimate of drug-likeness (QED) is 0.416. The molecule has 0 atom stereocenters. The van der Waals surface area contributed by atoms with Gasteiger partial charge in [0.1, 0.15) is 5.82 Å². The Balaban J connectivity index is 1.70. The number of para-hydroxylation sites is 1. The molecule has 0 bridgehead atoms. The second-order valence-corrected chi connectivity index (χ2v) is 7.47. The molecule has 2 heterocycles. The fourth-order valence-electron chi connectivity index (χ4n) is 3.48. The minimum Gasteiger partial charge on any atom is -0.353 e. The minimum atomic E-state index is 0.590. The monoisotopic (exact) mass is 415 g/mol. The highest BCUT2D eigenvalue weighted by Crippen LogP contribution is 2.27. The lowest BCUT2D eigenvalue weighted by molar-refractivity contribution is 0.316. The van der Waals surface area contributed by atoms with Crippen molar-refractivity contribution in [2.24, 2.45) is 0 Å². The SMILES string of the molecule is CCN(CC)CCNc1nc(Nc2ccc(C)cc2)c2cnn(-c3ccccc3)c2n1. The number of rotatable bonds is 9. The first-order chi connectivity index (χ1) is 15.2. The second kappa shape index (κ2) is 9.57. The molecule has 0 spiro atoms. The van der Waals surface area contributed by atoms with Gasteiger partial charge in [-0.3, -0.25) is 0 Å². The van der Waals surface area contributed by atoms with Crippen LogP contribution in [-0.4, -0.2) is 50.8 Å². The third-order valence-corrected chi connectivity index (χ3v) is 5.35. The molecule has 0 amide bonds. The third kappa shape index (κ3) is 4.83. The molecule has 0 unspecified atom stereocenters. The van der Waals surface area contributed by atoms with Crippen LogP contribution in [0.25, 0.3) is 16.7 Å². The van der Waals surface area contributed by atoms with Gasteiger partial charge in [0.25, 0.3) is 0 Å². The fourth-order valence-corrected chi connectivity index (χ4v) is 3.48. The molecule has 2 aromatic heterocycles. The standard InChI is InChI=1S/C24H29N7/c1-4-30(5-2)16-15-25-24-28-22(27-19-13-11-18(3)12-14-19)21-17-26-31(23(21)29-24)20-9-7-6-8-10-20/h6-14,17H,4-5,15-16H2,1-3H3,(H2,25,27,28,29). The summed E-state index contributed by atoms with van der Waals surface area (Å²) in [5.74, 6) is 1.33. The number of benzene rings is 2. The molecule has 31 heavy (non-hydrogen) atoms. The summed E-state index contributed by atoms with van der Waals surface area (Å²) in [5, 5.41) is 12.3. The maximum atomic E-state index is 4.80. The Morgan fingerprint density at radius 2 is 1.68 bits per heavy atom. The van der Waals surface area contributed by atoms with Crippen LogP contribution in [0.1, 0.15) is 19.4 Å². The van der Waals surface area contributed by atoms with E-state index in [4.69, 9.17) is 9.97 Å². The Labute approximate surface area is 183 Å². The number of fused-ring (bicyclic) bond motifs is 1. The van der Waals surface area contributed by atoms with Gasteiger partial charge < -0.3 is 15.5 Å². The molecular formula is C24H29N7. The van der Waals surface area contributed by atoms with E-state index < -0.39 is 0 Å². The Hall–Kier alpha value is -3.45. The van der Waals surface area contributed by atoms with Crippen molar-refractivity contribution >= 4 is 28.5 Å². The molecule has 0 aliphatic carbocycles. The highest BCUT2D eigenvalue weighted by Gasteiger charge is 2.14. The van der Waals surface area contributed by atoms with E-state index >= 15 is 0 Å². The Morgan fingerprint density at radius 1 is 0.935 bits per heavy atom. The van der Waals surface area contributed by atoms with Gasteiger partial charge in [0.2, 0.25) is 5.95 Å². The molecule has 0 aliphatic rings. The lowest BCUT2D eigenvalue weighted by atomic mass is 10.2. The smallest absolute Gasteiger partial charge is 0.226 e. The zero-order valence-electron chi connectivity index (χ0n) is 18.3. The summed E-state index contributed by atoms with van der Waals surface area (Å²) in [6, 6.07) is 18.3. The van der Waals surface area contributed by atoms with Gasteiger partial charge in [-0.25, -0.2) is 4.68 Å². The number of aryl methyl sites for hydroxylation is 1. The van der Waals surface area contributed by atoms with E-state index in [2.05, 4.69) is 65.7 Å². The van der Waals surface area contributed by atoms with Crippen molar-refractivity contribution in [2.75, 3.05) is 36.8 Å². The zero-order valence-corrected chi connectivity index (χ0v) is 18.3. The van der Waals surface area contributed by atoms with Gasteiger partial charge in [-0.15, -0.1) is 0 Å². The van der Waals surface area contributed by atoms with Crippen molar-refractivity contribution < 1.29 is 0 Å². The summed E-state index contributed by atoms with van der Waals surface area (Å²) in [5.41, 5.74) is 3.92. The number of anilines is 3. The number of hydrogen-bond donors (Lipinski definition) is 2. The summed E-state index contributed by atoms with van der Waals surface area (Å²) < 4.78 is 1.85. The van der Waals surface area contributed by atoms with Crippen LogP contribution in [0.2, 0.25) is 0 Å². The summed E-state index contributed by atoms with van der Waals surface area (Å²) in [6.45, 7) is 10.2. The minimum absolute atomic E-state index is 0.590. The zero-order chi connectivity index (χ0) is 21.6. The highest BCUT2D eigenvalue weighted by atomic mass is 15.3. The van der Waals surface area contributed by atoms with E-state index in [1.807, 2.05) is 41.2 Å². The third-order valence-electron chi connectivity index (χ3n) is 5.35. The predicted molar refractivity (Wildman–Crippen MR) is 127 cm³/mol. The van der Waals surface area contributed by atoms with Crippen LogP contribution >= 0.6 is 0 Å². The van der Waals surface area contributed by atoms with Gasteiger partial charge in [0, 0.05) is 18.8 Å². The molecular weight excluding hydrogens is 386 g/mol. The van der Waals surface area contributed by atoms with Crippen LogP contribution in [0, 0.1) is 6.92 Å². The van der Waals surface area contributed by atoms with Crippen molar-refractivity contribution in [1.82, 2.24) is 24.6 Å². The molecule has 2 aromatic carbocycles. The number of hydrogen-bond acceptors (Lipinski definition) is 6. The molecule has 0 radical (unpaired) electrons. The van der Waals surface area contributed by atoms with E-state index in [-0.39, 0.29) is 0 Å². The molecule has 2 N–H and O–H groups in total. The normalized spacial score (nSPS) is 11.2. The van der Waals surface area contributed by atoms with Crippen LogP contribution in [0.4, 0.5) is 17.5 Å². The summed E-state index contributed by atoms with van der Waals surface area (Å²) >= 11 is 0. The van der Waals surface area contributed by atoms with Crippen molar-refractivity contribution in [2.45, 2.75) is 20.8 Å². The molecule has 160 valence electrons. The van der Waals surface area contributed by atoms with Crippen molar-refractivity contribution in [3.63, 3.8) is 0 Å². The van der Waals surface area contributed by atoms with E-state index in [0.717, 1.165) is 54.4 Å². The largest absolute Gasteiger partial charge is 0.353 e. The first-order valence-corrected chi connectivity index (χ1v) is 10.8. The van der Waals surface area contributed by atoms with Crippen molar-refractivity contribution in [1.29, 1.82) is 0 Å². The molecule has 0 saturated carbocycles. The maximum absolute atomic E-state index is 4.80. The van der Waals surface area contributed by atoms with E-state index in [0.29, 0.717) is 5.95 Å². The van der Waals surface area contributed by atoms with Gasteiger partial charge in [0.15, 0.2) is 5.65 Å². The summed E-state index contributed by atoms with van der Waals surface area (Å²) in [4.78, 5) is 11.9. The number of likely N-dealkylation sites (N-methyl/N-ethyl adjacent to an activating group) is 1. The maximum Gasteiger partial charge on any atom is 0.226 e. The molecule has 0 fully saturated rings. The Bertz CT molecular complexity index is 1120. The van der Waals surface area contributed by atoms with E-state index in [9.17, 15) is 0 Å². The Morgan fingerprint density at radius 3 is 2.39 bits per heavy atom. The van der Waals surface area contributed by atoms with Gasteiger partial charge >= 0.3 is 0 Å². The molecule has 4 rings (SSSR count). The van der Waals surface area contributed by atoms with Crippen LogP contribution in [0.15, 0.2) is 60.8 Å². The average molecular weight is 416 g/mol. The number of nitrogens with zero attached hydrogens (tertiary/aromatic N) is 5. The van der Waals surface area contributed by atoms with Crippen molar-refractivity contribution in [3.05, 3.63) is 66.4 Å². The Kier molecular flexibility index (Phi) is 6.43. The topological polar surface area (TPSA) is 70.9 Å². The first kappa shape index (κ1) is 20.8. The highest BCUT2D eigenvalue weighted by molar-refractivity contribution is 5.90.